The Hall–Kier alpha value is -3.52. The first-order valence-corrected chi connectivity index (χ1v) is 12.8. The molecule has 9 heteroatoms. The zero-order valence-electron chi connectivity index (χ0n) is 21.7. The number of benzene rings is 2. The third kappa shape index (κ3) is 6.43. The fourth-order valence-electron chi connectivity index (χ4n) is 4.43. The number of rotatable bonds is 6. The molecule has 3 aromatic rings. The highest BCUT2D eigenvalue weighted by molar-refractivity contribution is 6.31. The van der Waals surface area contributed by atoms with Gasteiger partial charge in [-0.25, -0.2) is 9.48 Å². The monoisotopic (exact) mass is 524 g/mol. The smallest absolute Gasteiger partial charge is 0.410 e. The lowest BCUT2D eigenvalue weighted by Gasteiger charge is -2.34. The third-order valence-electron chi connectivity index (χ3n) is 6.30. The Morgan fingerprint density at radius 1 is 1.08 bits per heavy atom. The molecule has 0 atom stereocenters. The predicted octanol–water partition coefficient (Wildman–Crippen LogP) is 5.58. The van der Waals surface area contributed by atoms with Crippen LogP contribution in [0.1, 0.15) is 61.1 Å². The van der Waals surface area contributed by atoms with Crippen molar-refractivity contribution in [1.29, 1.82) is 0 Å². The Morgan fingerprint density at radius 3 is 2.38 bits per heavy atom. The SMILES string of the molecule is COc1ccc(-n2ncc(C(=O)NCc3ccccc3Cl)c2C2CCN(C(=O)OC(C)(C)C)CC2)cc1. The summed E-state index contributed by atoms with van der Waals surface area (Å²) in [7, 11) is 1.62. The Labute approximate surface area is 222 Å². The number of nitrogens with zero attached hydrogens (tertiary/aromatic N) is 3. The molecule has 196 valence electrons. The molecule has 1 aliphatic rings. The average Bonchev–Trinajstić information content (AvgIpc) is 3.32. The van der Waals surface area contributed by atoms with Crippen LogP contribution in [0, 0.1) is 0 Å². The van der Waals surface area contributed by atoms with Gasteiger partial charge >= 0.3 is 6.09 Å². The van der Waals surface area contributed by atoms with Crippen LogP contribution >= 0.6 is 11.6 Å². The van der Waals surface area contributed by atoms with Crippen LogP contribution < -0.4 is 10.1 Å². The fraction of sp³-hybridized carbons (Fsp3) is 0.393. The Kier molecular flexibility index (Phi) is 8.07. The molecule has 1 aromatic heterocycles. The van der Waals surface area contributed by atoms with E-state index < -0.39 is 5.60 Å². The first-order chi connectivity index (χ1) is 17.7. The summed E-state index contributed by atoms with van der Waals surface area (Å²) in [6.07, 6.45) is 2.67. The van der Waals surface area contributed by atoms with Gasteiger partial charge < -0.3 is 19.7 Å². The summed E-state index contributed by atoms with van der Waals surface area (Å²) in [5, 5.41) is 8.19. The van der Waals surface area contributed by atoms with Gasteiger partial charge in [0, 0.05) is 30.6 Å². The molecule has 1 fully saturated rings. The van der Waals surface area contributed by atoms with Gasteiger partial charge in [-0.05, 0) is 69.5 Å². The number of ether oxygens (including phenoxy) is 2. The van der Waals surface area contributed by atoms with Crippen LogP contribution in [-0.2, 0) is 11.3 Å². The van der Waals surface area contributed by atoms with E-state index in [0.29, 0.717) is 43.1 Å². The van der Waals surface area contributed by atoms with Crippen molar-refractivity contribution in [3.63, 3.8) is 0 Å². The maximum Gasteiger partial charge on any atom is 0.410 e. The number of likely N-dealkylation sites (tertiary alicyclic amines) is 1. The molecule has 0 bridgehead atoms. The van der Waals surface area contributed by atoms with Crippen LogP contribution in [0.25, 0.3) is 5.69 Å². The van der Waals surface area contributed by atoms with Crippen molar-refractivity contribution in [3.05, 3.63) is 76.6 Å². The van der Waals surface area contributed by atoms with Crippen LogP contribution in [0.15, 0.2) is 54.7 Å². The van der Waals surface area contributed by atoms with E-state index in [4.69, 9.17) is 21.1 Å². The molecule has 0 spiro atoms. The maximum absolute atomic E-state index is 13.4. The van der Waals surface area contributed by atoms with Gasteiger partial charge in [0.2, 0.25) is 0 Å². The van der Waals surface area contributed by atoms with Crippen LogP contribution in [0.2, 0.25) is 5.02 Å². The van der Waals surface area contributed by atoms with E-state index in [1.54, 1.807) is 24.3 Å². The van der Waals surface area contributed by atoms with Crippen LogP contribution in [0.5, 0.6) is 5.75 Å². The highest BCUT2D eigenvalue weighted by atomic mass is 35.5. The first-order valence-electron chi connectivity index (χ1n) is 12.4. The molecular weight excluding hydrogens is 492 g/mol. The summed E-state index contributed by atoms with van der Waals surface area (Å²) in [5.41, 5.74) is 2.46. The Morgan fingerprint density at radius 2 is 1.76 bits per heavy atom. The highest BCUT2D eigenvalue weighted by Crippen LogP contribution is 2.33. The van der Waals surface area contributed by atoms with Crippen molar-refractivity contribution in [2.24, 2.45) is 0 Å². The molecule has 0 unspecified atom stereocenters. The molecule has 8 nitrogen and oxygen atoms in total. The number of piperidine rings is 1. The van der Waals surface area contributed by atoms with Crippen molar-refractivity contribution in [3.8, 4) is 11.4 Å². The second kappa shape index (κ2) is 11.3. The summed E-state index contributed by atoms with van der Waals surface area (Å²) in [6.45, 7) is 6.96. The predicted molar refractivity (Wildman–Crippen MR) is 143 cm³/mol. The van der Waals surface area contributed by atoms with Gasteiger partial charge in [-0.15, -0.1) is 0 Å². The average molecular weight is 525 g/mol. The van der Waals surface area contributed by atoms with E-state index in [-0.39, 0.29) is 17.9 Å². The van der Waals surface area contributed by atoms with Crippen LogP contribution in [-0.4, -0.2) is 52.5 Å². The van der Waals surface area contributed by atoms with Gasteiger partial charge in [-0.3, -0.25) is 4.79 Å². The summed E-state index contributed by atoms with van der Waals surface area (Å²) < 4.78 is 12.7. The summed E-state index contributed by atoms with van der Waals surface area (Å²) >= 11 is 6.27. The van der Waals surface area contributed by atoms with Gasteiger partial charge in [0.25, 0.3) is 5.91 Å². The molecule has 1 saturated heterocycles. The van der Waals surface area contributed by atoms with Crippen LogP contribution in [0.4, 0.5) is 4.79 Å². The Balaban J connectivity index is 1.58. The molecule has 1 aliphatic heterocycles. The third-order valence-corrected chi connectivity index (χ3v) is 6.67. The zero-order chi connectivity index (χ0) is 26.6. The molecular formula is C28H33ClN4O4. The van der Waals surface area contributed by atoms with E-state index in [1.807, 2.05) is 67.9 Å². The molecule has 2 aromatic carbocycles. The lowest BCUT2D eigenvalue weighted by Crippen LogP contribution is -2.41. The summed E-state index contributed by atoms with van der Waals surface area (Å²) in [6, 6.07) is 15.0. The number of halogens is 1. The zero-order valence-corrected chi connectivity index (χ0v) is 22.4. The van der Waals surface area contributed by atoms with E-state index in [1.165, 1.54) is 0 Å². The normalized spacial score (nSPS) is 14.4. The van der Waals surface area contributed by atoms with E-state index in [9.17, 15) is 9.59 Å². The standard InChI is InChI=1S/C28H33ClN4O4/c1-28(2,3)37-27(35)32-15-13-19(14-16-32)25-23(26(34)30-17-20-7-5-6-8-24(20)29)18-31-33(25)21-9-11-22(36-4)12-10-21/h5-12,18-19H,13-17H2,1-4H3,(H,30,34). The van der Waals surface area contributed by atoms with Gasteiger partial charge in [0.15, 0.2) is 0 Å². The largest absolute Gasteiger partial charge is 0.497 e. The molecule has 0 radical (unpaired) electrons. The van der Waals surface area contributed by atoms with Crippen molar-refractivity contribution in [1.82, 2.24) is 20.0 Å². The van der Waals surface area contributed by atoms with E-state index in [0.717, 1.165) is 22.7 Å². The second-order valence-corrected chi connectivity index (χ2v) is 10.5. The molecule has 2 heterocycles. The summed E-state index contributed by atoms with van der Waals surface area (Å²) in [4.78, 5) is 27.7. The van der Waals surface area contributed by atoms with E-state index in [2.05, 4.69) is 10.4 Å². The van der Waals surface area contributed by atoms with Crippen molar-refractivity contribution in [2.75, 3.05) is 20.2 Å². The van der Waals surface area contributed by atoms with Crippen LogP contribution in [0.3, 0.4) is 0 Å². The minimum atomic E-state index is -0.548. The van der Waals surface area contributed by atoms with Crippen molar-refractivity contribution < 1.29 is 19.1 Å². The number of carbonyl (C=O) groups excluding carboxylic acids is 2. The number of aromatic nitrogens is 2. The Bertz CT molecular complexity index is 1240. The van der Waals surface area contributed by atoms with Crippen molar-refractivity contribution >= 4 is 23.6 Å². The lowest BCUT2D eigenvalue weighted by atomic mass is 9.90. The minimum absolute atomic E-state index is 0.0318. The number of methoxy groups -OCH3 is 1. The molecule has 0 saturated carbocycles. The number of hydrogen-bond acceptors (Lipinski definition) is 5. The van der Waals surface area contributed by atoms with Gasteiger partial charge in [0.1, 0.15) is 11.4 Å². The van der Waals surface area contributed by atoms with Gasteiger partial charge in [-0.1, -0.05) is 29.8 Å². The molecule has 4 rings (SSSR count). The number of amides is 2. The number of nitrogens with one attached hydrogen (secondary N) is 1. The van der Waals surface area contributed by atoms with E-state index >= 15 is 0 Å². The van der Waals surface area contributed by atoms with Crippen molar-refractivity contribution in [2.45, 2.75) is 51.7 Å². The molecule has 2 amide bonds. The number of hydrogen-bond donors (Lipinski definition) is 1. The topological polar surface area (TPSA) is 85.7 Å². The highest BCUT2D eigenvalue weighted by Gasteiger charge is 2.32. The minimum Gasteiger partial charge on any atom is -0.497 e. The summed E-state index contributed by atoms with van der Waals surface area (Å²) in [5.74, 6) is 0.550. The molecule has 0 aliphatic carbocycles. The molecule has 37 heavy (non-hydrogen) atoms. The second-order valence-electron chi connectivity index (χ2n) is 10.1. The lowest BCUT2D eigenvalue weighted by molar-refractivity contribution is 0.0203. The first kappa shape index (κ1) is 26.5. The molecule has 1 N–H and O–H groups in total. The van der Waals surface area contributed by atoms with Gasteiger partial charge in [0.05, 0.1) is 30.3 Å². The number of carbonyl (C=O) groups is 2. The van der Waals surface area contributed by atoms with Gasteiger partial charge in [-0.2, -0.15) is 5.10 Å². The quantitative estimate of drug-likeness (QED) is 0.455. The maximum atomic E-state index is 13.4. The fourth-order valence-corrected chi connectivity index (χ4v) is 4.63.